The SMILES string of the molecule is CC(=O)N[C@@H](C)C(=O)N(C)[C@@H](Cc1ccccc1)C(=O)N[C@@H](C)C(N)=O. The second kappa shape index (κ2) is 9.55. The highest BCUT2D eigenvalue weighted by molar-refractivity contribution is 5.93. The fraction of sp³-hybridized carbons (Fsp3) is 0.444. The molecule has 4 amide bonds. The zero-order valence-corrected chi connectivity index (χ0v) is 15.5. The van der Waals surface area contributed by atoms with Crippen molar-refractivity contribution < 1.29 is 19.2 Å². The Morgan fingerprint density at radius 1 is 1.04 bits per heavy atom. The van der Waals surface area contributed by atoms with Crippen molar-refractivity contribution in [2.75, 3.05) is 7.05 Å². The monoisotopic (exact) mass is 362 g/mol. The Hall–Kier alpha value is -2.90. The molecule has 0 radical (unpaired) electrons. The molecule has 1 aromatic rings. The van der Waals surface area contributed by atoms with Crippen LogP contribution < -0.4 is 16.4 Å². The van der Waals surface area contributed by atoms with Crippen molar-refractivity contribution in [2.45, 2.75) is 45.3 Å². The topological polar surface area (TPSA) is 122 Å². The first kappa shape index (κ1) is 21.1. The molecule has 0 aliphatic rings. The Kier molecular flexibility index (Phi) is 7.77. The van der Waals surface area contributed by atoms with Gasteiger partial charge in [0.05, 0.1) is 0 Å². The van der Waals surface area contributed by atoms with Crippen LogP contribution in [-0.2, 0) is 25.6 Å². The van der Waals surface area contributed by atoms with Crippen molar-refractivity contribution in [3.63, 3.8) is 0 Å². The molecule has 4 N–H and O–H groups in total. The van der Waals surface area contributed by atoms with Crippen LogP contribution in [0.2, 0.25) is 0 Å². The van der Waals surface area contributed by atoms with E-state index in [0.717, 1.165) is 5.56 Å². The number of rotatable bonds is 8. The fourth-order valence-electron chi connectivity index (χ4n) is 2.45. The van der Waals surface area contributed by atoms with Gasteiger partial charge in [0.1, 0.15) is 18.1 Å². The van der Waals surface area contributed by atoms with E-state index in [2.05, 4.69) is 10.6 Å². The minimum atomic E-state index is -0.864. The van der Waals surface area contributed by atoms with Crippen molar-refractivity contribution in [3.8, 4) is 0 Å². The number of benzene rings is 1. The van der Waals surface area contributed by atoms with Gasteiger partial charge in [-0.05, 0) is 19.4 Å². The third-order valence-electron chi connectivity index (χ3n) is 3.97. The molecule has 1 aromatic carbocycles. The van der Waals surface area contributed by atoms with Gasteiger partial charge in [-0.2, -0.15) is 0 Å². The summed E-state index contributed by atoms with van der Waals surface area (Å²) < 4.78 is 0. The van der Waals surface area contributed by atoms with Gasteiger partial charge in [0.15, 0.2) is 0 Å². The molecule has 0 aromatic heterocycles. The molecular formula is C18H26N4O4. The lowest BCUT2D eigenvalue weighted by Gasteiger charge is -2.30. The molecule has 0 heterocycles. The predicted molar refractivity (Wildman–Crippen MR) is 96.8 cm³/mol. The largest absolute Gasteiger partial charge is 0.368 e. The summed E-state index contributed by atoms with van der Waals surface area (Å²) in [6.07, 6.45) is 0.257. The van der Waals surface area contributed by atoms with Crippen LogP contribution in [-0.4, -0.2) is 53.7 Å². The number of nitrogens with two attached hydrogens (primary N) is 1. The van der Waals surface area contributed by atoms with Crippen LogP contribution >= 0.6 is 0 Å². The smallest absolute Gasteiger partial charge is 0.245 e. The lowest BCUT2D eigenvalue weighted by molar-refractivity contribution is -0.141. The summed E-state index contributed by atoms with van der Waals surface area (Å²) in [5.74, 6) is -1.92. The van der Waals surface area contributed by atoms with Gasteiger partial charge in [0.2, 0.25) is 23.6 Å². The Labute approximate surface area is 153 Å². The minimum absolute atomic E-state index is 0.257. The van der Waals surface area contributed by atoms with Crippen LogP contribution in [0.5, 0.6) is 0 Å². The van der Waals surface area contributed by atoms with Gasteiger partial charge in [-0.1, -0.05) is 30.3 Å². The number of nitrogens with zero attached hydrogens (tertiary/aromatic N) is 1. The van der Waals surface area contributed by atoms with E-state index in [9.17, 15) is 19.2 Å². The molecule has 1 rings (SSSR count). The van der Waals surface area contributed by atoms with E-state index in [4.69, 9.17) is 5.73 Å². The summed E-state index contributed by atoms with van der Waals surface area (Å²) in [5, 5.41) is 5.02. The summed E-state index contributed by atoms with van der Waals surface area (Å²) in [6.45, 7) is 4.33. The molecule has 0 saturated heterocycles. The van der Waals surface area contributed by atoms with Crippen molar-refractivity contribution in [1.29, 1.82) is 0 Å². The fourth-order valence-corrected chi connectivity index (χ4v) is 2.45. The minimum Gasteiger partial charge on any atom is -0.368 e. The predicted octanol–water partition coefficient (Wildman–Crippen LogP) is -0.429. The molecule has 8 nitrogen and oxygen atoms in total. The second-order valence-electron chi connectivity index (χ2n) is 6.21. The Morgan fingerprint density at radius 2 is 1.62 bits per heavy atom. The van der Waals surface area contributed by atoms with E-state index in [0.29, 0.717) is 0 Å². The van der Waals surface area contributed by atoms with E-state index in [-0.39, 0.29) is 12.3 Å². The third kappa shape index (κ3) is 6.19. The molecule has 0 bridgehead atoms. The molecule has 3 atom stereocenters. The van der Waals surface area contributed by atoms with E-state index < -0.39 is 35.8 Å². The first-order valence-electron chi connectivity index (χ1n) is 8.30. The Balaban J connectivity index is 3.01. The zero-order chi connectivity index (χ0) is 19.9. The van der Waals surface area contributed by atoms with Crippen LogP contribution in [0.1, 0.15) is 26.3 Å². The standard InChI is InChI=1S/C18H26N4O4/c1-11(16(19)24)21-17(25)15(10-14-8-6-5-7-9-14)22(4)18(26)12(2)20-13(3)23/h5-9,11-12,15H,10H2,1-4H3,(H2,19,24)(H,20,23)(H,21,25)/t11-,12-,15-/m0/s1. The van der Waals surface area contributed by atoms with E-state index in [1.54, 1.807) is 6.92 Å². The summed E-state index contributed by atoms with van der Waals surface area (Å²) in [4.78, 5) is 48.9. The molecule has 0 unspecified atom stereocenters. The maximum absolute atomic E-state index is 12.7. The summed E-state index contributed by atoms with van der Waals surface area (Å²) >= 11 is 0. The van der Waals surface area contributed by atoms with E-state index in [1.165, 1.54) is 25.8 Å². The van der Waals surface area contributed by atoms with Crippen molar-refractivity contribution in [3.05, 3.63) is 35.9 Å². The van der Waals surface area contributed by atoms with Crippen LogP contribution in [0.15, 0.2) is 30.3 Å². The van der Waals surface area contributed by atoms with Crippen molar-refractivity contribution >= 4 is 23.6 Å². The highest BCUT2D eigenvalue weighted by Crippen LogP contribution is 2.10. The number of carbonyl (C=O) groups is 4. The summed E-state index contributed by atoms with van der Waals surface area (Å²) in [7, 11) is 1.49. The molecule has 0 aliphatic carbocycles. The molecule has 0 spiro atoms. The first-order valence-corrected chi connectivity index (χ1v) is 8.30. The second-order valence-corrected chi connectivity index (χ2v) is 6.21. The van der Waals surface area contributed by atoms with Gasteiger partial charge in [-0.15, -0.1) is 0 Å². The molecule has 142 valence electrons. The number of likely N-dealkylation sites (N-methyl/N-ethyl adjacent to an activating group) is 1. The molecule has 0 aliphatic heterocycles. The van der Waals surface area contributed by atoms with Crippen molar-refractivity contribution in [1.82, 2.24) is 15.5 Å². The molecular weight excluding hydrogens is 336 g/mol. The summed E-state index contributed by atoms with van der Waals surface area (Å²) in [6, 6.07) is 6.69. The highest BCUT2D eigenvalue weighted by atomic mass is 16.2. The number of amides is 4. The van der Waals surface area contributed by atoms with Crippen LogP contribution in [0.25, 0.3) is 0 Å². The van der Waals surface area contributed by atoms with Gasteiger partial charge in [-0.3, -0.25) is 19.2 Å². The quantitative estimate of drug-likeness (QED) is 0.581. The number of hydrogen-bond acceptors (Lipinski definition) is 4. The molecule has 8 heteroatoms. The van der Waals surface area contributed by atoms with Gasteiger partial charge in [-0.25, -0.2) is 0 Å². The van der Waals surface area contributed by atoms with Gasteiger partial charge >= 0.3 is 0 Å². The zero-order valence-electron chi connectivity index (χ0n) is 15.5. The number of nitrogens with one attached hydrogen (secondary N) is 2. The highest BCUT2D eigenvalue weighted by Gasteiger charge is 2.31. The van der Waals surface area contributed by atoms with Gasteiger partial charge in [0.25, 0.3) is 0 Å². The van der Waals surface area contributed by atoms with Crippen molar-refractivity contribution in [2.24, 2.45) is 5.73 Å². The average molecular weight is 362 g/mol. The summed E-state index contributed by atoms with van der Waals surface area (Å²) in [5.41, 5.74) is 6.05. The first-order chi connectivity index (χ1) is 12.1. The van der Waals surface area contributed by atoms with Crippen LogP contribution in [0.3, 0.4) is 0 Å². The van der Waals surface area contributed by atoms with Crippen LogP contribution in [0, 0.1) is 0 Å². The van der Waals surface area contributed by atoms with Crippen LogP contribution in [0.4, 0.5) is 0 Å². The maximum atomic E-state index is 12.7. The Morgan fingerprint density at radius 3 is 2.12 bits per heavy atom. The molecule has 0 saturated carbocycles. The normalized spacial score (nSPS) is 13.8. The Bertz CT molecular complexity index is 662. The number of hydrogen-bond donors (Lipinski definition) is 3. The van der Waals surface area contributed by atoms with Gasteiger partial charge < -0.3 is 21.3 Å². The number of primary amides is 1. The lowest BCUT2D eigenvalue weighted by atomic mass is 10.0. The lowest BCUT2D eigenvalue weighted by Crippen LogP contribution is -2.56. The molecule has 26 heavy (non-hydrogen) atoms. The van der Waals surface area contributed by atoms with E-state index in [1.807, 2.05) is 30.3 Å². The average Bonchev–Trinajstić information content (AvgIpc) is 2.58. The maximum Gasteiger partial charge on any atom is 0.245 e. The number of carbonyl (C=O) groups excluding carboxylic acids is 4. The molecule has 0 fully saturated rings. The van der Waals surface area contributed by atoms with E-state index >= 15 is 0 Å². The third-order valence-corrected chi connectivity index (χ3v) is 3.97. The van der Waals surface area contributed by atoms with Gasteiger partial charge in [0, 0.05) is 20.4 Å².